The molecule has 0 N–H and O–H groups in total. The van der Waals surface area contributed by atoms with Crippen LogP contribution in [0.25, 0.3) is 0 Å². The number of likely N-dealkylation sites (N-methyl/N-ethyl adjacent to an activating group) is 4. The summed E-state index contributed by atoms with van der Waals surface area (Å²) < 4.78 is 0. The lowest BCUT2D eigenvalue weighted by atomic mass is 10.1. The summed E-state index contributed by atoms with van der Waals surface area (Å²) in [4.78, 5) is 9.72. The Morgan fingerprint density at radius 3 is 0.714 bits per heavy atom. The van der Waals surface area contributed by atoms with Crippen molar-refractivity contribution in [1.82, 2.24) is 19.6 Å². The van der Waals surface area contributed by atoms with Gasteiger partial charge in [0.15, 0.2) is 0 Å². The second-order valence-corrected chi connectivity index (χ2v) is 9.04. The maximum absolute atomic E-state index is 2.43. The molecule has 1 aliphatic rings. The van der Waals surface area contributed by atoms with Gasteiger partial charge in [-0.3, -0.25) is 0 Å². The highest BCUT2D eigenvalue weighted by atomic mass is 15.2. The maximum Gasteiger partial charge on any atom is 0.0107 e. The Labute approximate surface area is 178 Å². The Balaban J connectivity index is 0.000000546. The number of nitrogens with zero attached hydrogens (tertiary/aromatic N) is 4. The first kappa shape index (κ1) is 27.8. The third-order valence-corrected chi connectivity index (χ3v) is 5.91. The zero-order chi connectivity index (χ0) is 21.0. The highest BCUT2D eigenvalue weighted by molar-refractivity contribution is 4.65. The van der Waals surface area contributed by atoms with E-state index in [1.54, 1.807) is 0 Å². The largest absolute Gasteiger partial charge is 0.304 e. The first-order valence-corrected chi connectivity index (χ1v) is 12.2. The highest BCUT2D eigenvalue weighted by Crippen LogP contribution is 2.09. The van der Waals surface area contributed by atoms with E-state index in [0.29, 0.717) is 0 Å². The SMILES string of the molecule is CCCCCCCCCCCC.CN1CCN(C)CCN(C)CCN(C)CC1. The third-order valence-electron chi connectivity index (χ3n) is 5.91. The van der Waals surface area contributed by atoms with Gasteiger partial charge in [-0.2, -0.15) is 0 Å². The highest BCUT2D eigenvalue weighted by Gasteiger charge is 2.08. The topological polar surface area (TPSA) is 13.0 Å². The van der Waals surface area contributed by atoms with E-state index in [1.807, 2.05) is 0 Å². The van der Waals surface area contributed by atoms with Crippen molar-refractivity contribution in [2.24, 2.45) is 0 Å². The molecule has 0 aliphatic carbocycles. The molecule has 0 bridgehead atoms. The van der Waals surface area contributed by atoms with Gasteiger partial charge in [0.2, 0.25) is 0 Å². The second kappa shape index (κ2) is 20.1. The molecule has 28 heavy (non-hydrogen) atoms. The lowest BCUT2D eigenvalue weighted by molar-refractivity contribution is 0.181. The molecule has 0 saturated carbocycles. The fourth-order valence-electron chi connectivity index (χ4n) is 3.37. The first-order valence-electron chi connectivity index (χ1n) is 12.2. The Morgan fingerprint density at radius 1 is 0.357 bits per heavy atom. The van der Waals surface area contributed by atoms with E-state index in [1.165, 1.54) is 117 Å². The van der Waals surface area contributed by atoms with E-state index in [2.05, 4.69) is 61.6 Å². The van der Waals surface area contributed by atoms with E-state index < -0.39 is 0 Å². The Hall–Kier alpha value is -0.160. The molecule has 0 atom stereocenters. The van der Waals surface area contributed by atoms with Gasteiger partial charge < -0.3 is 19.6 Å². The number of hydrogen-bond acceptors (Lipinski definition) is 4. The monoisotopic (exact) mass is 398 g/mol. The molecule has 0 spiro atoms. The first-order chi connectivity index (χ1) is 13.5. The Morgan fingerprint density at radius 2 is 0.536 bits per heavy atom. The molecule has 170 valence electrons. The van der Waals surface area contributed by atoms with E-state index in [-0.39, 0.29) is 0 Å². The Kier molecular flexibility index (Phi) is 20.0. The minimum Gasteiger partial charge on any atom is -0.304 e. The number of rotatable bonds is 9. The van der Waals surface area contributed by atoms with Crippen LogP contribution in [-0.2, 0) is 0 Å². The van der Waals surface area contributed by atoms with Crippen LogP contribution < -0.4 is 0 Å². The van der Waals surface area contributed by atoms with Crippen LogP contribution in [0.5, 0.6) is 0 Å². The van der Waals surface area contributed by atoms with Gasteiger partial charge in [-0.15, -0.1) is 0 Å². The standard InChI is InChI=1S/C12H28N4.C12H26/c1-13-5-7-14(2)9-11-16(4)12-10-15(3)8-6-13;1-3-5-7-9-11-12-10-8-6-4-2/h5-12H2,1-4H3;3-12H2,1-2H3. The van der Waals surface area contributed by atoms with Crippen molar-refractivity contribution in [1.29, 1.82) is 0 Å². The molecule has 4 heteroatoms. The number of hydrogen-bond donors (Lipinski definition) is 0. The molecule has 1 saturated heterocycles. The number of unbranched alkanes of at least 4 members (excludes halogenated alkanes) is 9. The lowest BCUT2D eigenvalue weighted by Gasteiger charge is -2.28. The van der Waals surface area contributed by atoms with Crippen molar-refractivity contribution in [3.63, 3.8) is 0 Å². The fourth-order valence-corrected chi connectivity index (χ4v) is 3.37. The van der Waals surface area contributed by atoms with Crippen LogP contribution in [0.1, 0.15) is 78.1 Å². The molecule has 1 aliphatic heterocycles. The van der Waals surface area contributed by atoms with Crippen LogP contribution >= 0.6 is 0 Å². The summed E-state index contributed by atoms with van der Waals surface area (Å²) in [5.41, 5.74) is 0. The molecule has 4 nitrogen and oxygen atoms in total. The second-order valence-electron chi connectivity index (χ2n) is 9.04. The van der Waals surface area contributed by atoms with Gasteiger partial charge in [0.1, 0.15) is 0 Å². The van der Waals surface area contributed by atoms with Gasteiger partial charge in [-0.05, 0) is 28.2 Å². The van der Waals surface area contributed by atoms with Gasteiger partial charge in [-0.25, -0.2) is 0 Å². The fraction of sp³-hybridized carbons (Fsp3) is 1.00. The average molecular weight is 399 g/mol. The minimum atomic E-state index is 1.17. The van der Waals surface area contributed by atoms with Crippen molar-refractivity contribution < 1.29 is 0 Å². The van der Waals surface area contributed by atoms with E-state index >= 15 is 0 Å². The van der Waals surface area contributed by atoms with Crippen LogP contribution in [0.2, 0.25) is 0 Å². The Bertz CT molecular complexity index is 245. The van der Waals surface area contributed by atoms with Crippen molar-refractivity contribution in [2.75, 3.05) is 80.5 Å². The summed E-state index contributed by atoms with van der Waals surface area (Å²) in [5.74, 6) is 0. The molecule has 0 aromatic rings. The molecule has 0 unspecified atom stereocenters. The molecule has 0 aromatic heterocycles. The summed E-state index contributed by atoms with van der Waals surface area (Å²) in [6.45, 7) is 14.0. The van der Waals surface area contributed by atoms with Crippen LogP contribution in [0.3, 0.4) is 0 Å². The summed E-state index contributed by atoms with van der Waals surface area (Å²) in [7, 11) is 8.89. The van der Waals surface area contributed by atoms with Crippen LogP contribution in [0.15, 0.2) is 0 Å². The quantitative estimate of drug-likeness (QED) is 0.524. The summed E-state index contributed by atoms with van der Waals surface area (Å²) >= 11 is 0. The third kappa shape index (κ3) is 19.2. The van der Waals surface area contributed by atoms with Crippen molar-refractivity contribution >= 4 is 0 Å². The normalized spacial score (nSPS) is 19.5. The van der Waals surface area contributed by atoms with Gasteiger partial charge in [-0.1, -0.05) is 78.1 Å². The van der Waals surface area contributed by atoms with Crippen LogP contribution in [0.4, 0.5) is 0 Å². The zero-order valence-electron chi connectivity index (χ0n) is 20.5. The molecule has 1 fully saturated rings. The maximum atomic E-state index is 2.43. The lowest BCUT2D eigenvalue weighted by Crippen LogP contribution is -2.42. The van der Waals surface area contributed by atoms with Gasteiger partial charge >= 0.3 is 0 Å². The summed E-state index contributed by atoms with van der Waals surface area (Å²) in [6, 6.07) is 0. The van der Waals surface area contributed by atoms with Gasteiger partial charge in [0.25, 0.3) is 0 Å². The predicted octanol–water partition coefficient (Wildman–Crippen LogP) is 4.65. The molecule has 1 rings (SSSR count). The summed E-state index contributed by atoms with van der Waals surface area (Å²) in [5, 5.41) is 0. The van der Waals surface area contributed by atoms with E-state index in [9.17, 15) is 0 Å². The van der Waals surface area contributed by atoms with Crippen molar-refractivity contribution in [3.8, 4) is 0 Å². The average Bonchev–Trinajstić information content (AvgIpc) is 2.69. The zero-order valence-corrected chi connectivity index (χ0v) is 20.5. The molecular weight excluding hydrogens is 344 g/mol. The van der Waals surface area contributed by atoms with Crippen LogP contribution in [-0.4, -0.2) is 100 Å². The molecule has 0 amide bonds. The van der Waals surface area contributed by atoms with Crippen molar-refractivity contribution in [3.05, 3.63) is 0 Å². The van der Waals surface area contributed by atoms with Gasteiger partial charge in [0, 0.05) is 52.4 Å². The smallest absolute Gasteiger partial charge is 0.0107 e. The molecule has 0 aromatic carbocycles. The summed E-state index contributed by atoms with van der Waals surface area (Å²) in [6.07, 6.45) is 14.4. The van der Waals surface area contributed by atoms with E-state index in [0.717, 1.165) is 0 Å². The van der Waals surface area contributed by atoms with Gasteiger partial charge in [0.05, 0.1) is 0 Å². The molecule has 1 heterocycles. The molecular formula is C24H54N4. The molecule has 0 radical (unpaired) electrons. The van der Waals surface area contributed by atoms with E-state index in [4.69, 9.17) is 0 Å². The van der Waals surface area contributed by atoms with Crippen molar-refractivity contribution in [2.45, 2.75) is 78.1 Å². The predicted molar refractivity (Wildman–Crippen MR) is 128 cm³/mol. The minimum absolute atomic E-state index is 1.17. The van der Waals surface area contributed by atoms with Crippen LogP contribution in [0, 0.1) is 0 Å².